The molecule has 0 spiro atoms. The van der Waals surface area contributed by atoms with Crippen molar-refractivity contribution in [2.75, 3.05) is 25.1 Å². The molecule has 0 aliphatic rings. The van der Waals surface area contributed by atoms with Crippen LogP contribution in [0, 0.1) is 13.8 Å². The van der Waals surface area contributed by atoms with Crippen LogP contribution in [-0.4, -0.2) is 35.3 Å². The average molecular weight is 216 g/mol. The number of aromatic nitrogens is 2. The lowest BCUT2D eigenvalue weighted by atomic mass is 10.3. The van der Waals surface area contributed by atoms with Gasteiger partial charge in [-0.2, -0.15) is 0 Å². The lowest BCUT2D eigenvalue weighted by Gasteiger charge is -2.18. The molecule has 1 N–H and O–H groups in total. The number of anilines is 1. The molecule has 1 aromatic rings. The molecule has 0 saturated carbocycles. The average Bonchev–Trinajstić information content (AvgIpc) is 2.11. The van der Waals surface area contributed by atoms with Crippen molar-refractivity contribution in [3.63, 3.8) is 0 Å². The van der Waals surface area contributed by atoms with Gasteiger partial charge >= 0.3 is 0 Å². The molecule has 4 nitrogen and oxygen atoms in total. The van der Waals surface area contributed by atoms with Crippen LogP contribution in [0.2, 0.25) is 5.15 Å². The molecule has 0 aromatic carbocycles. The summed E-state index contributed by atoms with van der Waals surface area (Å²) in [4.78, 5) is 10.2. The number of hydrogen-bond donors (Lipinski definition) is 1. The van der Waals surface area contributed by atoms with Gasteiger partial charge in [0, 0.05) is 13.6 Å². The predicted molar refractivity (Wildman–Crippen MR) is 56.9 cm³/mol. The summed E-state index contributed by atoms with van der Waals surface area (Å²) in [5.74, 6) is 0.615. The van der Waals surface area contributed by atoms with Crippen molar-refractivity contribution in [1.29, 1.82) is 0 Å². The van der Waals surface area contributed by atoms with E-state index in [1.54, 1.807) is 4.90 Å². The topological polar surface area (TPSA) is 49.2 Å². The van der Waals surface area contributed by atoms with Crippen LogP contribution < -0.4 is 4.90 Å². The van der Waals surface area contributed by atoms with E-state index in [0.29, 0.717) is 17.5 Å². The fourth-order valence-corrected chi connectivity index (χ4v) is 1.38. The molecule has 0 unspecified atom stereocenters. The molecule has 1 aromatic heterocycles. The number of rotatable bonds is 3. The van der Waals surface area contributed by atoms with Gasteiger partial charge < -0.3 is 10.0 Å². The third-order valence-electron chi connectivity index (χ3n) is 2.04. The molecule has 0 atom stereocenters. The predicted octanol–water partition coefficient (Wildman–Crippen LogP) is 1.18. The highest BCUT2D eigenvalue weighted by molar-refractivity contribution is 6.31. The van der Waals surface area contributed by atoms with Crippen LogP contribution in [0.1, 0.15) is 11.4 Å². The summed E-state index contributed by atoms with van der Waals surface area (Å²) in [5, 5.41) is 9.16. The zero-order valence-electron chi connectivity index (χ0n) is 8.58. The van der Waals surface area contributed by atoms with Crippen LogP contribution >= 0.6 is 11.6 Å². The monoisotopic (exact) mass is 215 g/mol. The molecule has 0 radical (unpaired) electrons. The first-order valence-corrected chi connectivity index (χ1v) is 4.76. The van der Waals surface area contributed by atoms with Crippen molar-refractivity contribution in [2.45, 2.75) is 13.8 Å². The summed E-state index contributed by atoms with van der Waals surface area (Å²) in [7, 11) is 1.82. The summed E-state index contributed by atoms with van der Waals surface area (Å²) in [6, 6.07) is 0. The Balaban J connectivity index is 3.02. The van der Waals surface area contributed by atoms with Crippen LogP contribution in [0.5, 0.6) is 0 Å². The molecular formula is C9H14ClN3O. The van der Waals surface area contributed by atoms with Crippen molar-refractivity contribution in [2.24, 2.45) is 0 Å². The maximum absolute atomic E-state index is 8.78. The molecule has 5 heteroatoms. The van der Waals surface area contributed by atoms with Crippen molar-refractivity contribution >= 4 is 17.4 Å². The summed E-state index contributed by atoms with van der Waals surface area (Å²) >= 11 is 5.94. The normalized spacial score (nSPS) is 10.4. The van der Waals surface area contributed by atoms with E-state index in [1.165, 1.54) is 0 Å². The SMILES string of the molecule is Cc1nc(Cl)c(N(C)CCO)nc1C. The summed E-state index contributed by atoms with van der Waals surface area (Å²) in [5.41, 5.74) is 1.69. The summed E-state index contributed by atoms with van der Waals surface area (Å²) in [6.45, 7) is 4.32. The molecule has 0 aliphatic carbocycles. The van der Waals surface area contributed by atoms with Crippen LogP contribution in [0.3, 0.4) is 0 Å². The Morgan fingerprint density at radius 3 is 2.43 bits per heavy atom. The molecule has 0 aliphatic heterocycles. The second kappa shape index (κ2) is 4.57. The Hall–Kier alpha value is -0.870. The summed E-state index contributed by atoms with van der Waals surface area (Å²) in [6.07, 6.45) is 0. The van der Waals surface area contributed by atoms with E-state index in [0.717, 1.165) is 11.4 Å². The Kier molecular flexibility index (Phi) is 3.66. The Morgan fingerprint density at radius 1 is 1.29 bits per heavy atom. The molecular weight excluding hydrogens is 202 g/mol. The number of likely N-dealkylation sites (N-methyl/N-ethyl adjacent to an activating group) is 1. The third-order valence-corrected chi connectivity index (χ3v) is 2.30. The van der Waals surface area contributed by atoms with E-state index in [-0.39, 0.29) is 6.61 Å². The molecule has 14 heavy (non-hydrogen) atoms. The van der Waals surface area contributed by atoms with E-state index in [2.05, 4.69) is 9.97 Å². The Morgan fingerprint density at radius 2 is 1.86 bits per heavy atom. The molecule has 1 rings (SSSR count). The van der Waals surface area contributed by atoms with Crippen molar-refractivity contribution in [3.8, 4) is 0 Å². The van der Waals surface area contributed by atoms with Crippen LogP contribution in [-0.2, 0) is 0 Å². The van der Waals surface area contributed by atoms with Gasteiger partial charge in [0.2, 0.25) is 0 Å². The number of aliphatic hydroxyl groups is 1. The van der Waals surface area contributed by atoms with Crippen LogP contribution in [0.4, 0.5) is 5.82 Å². The highest BCUT2D eigenvalue weighted by Gasteiger charge is 2.10. The minimum atomic E-state index is 0.0709. The zero-order valence-corrected chi connectivity index (χ0v) is 9.34. The van der Waals surface area contributed by atoms with E-state index < -0.39 is 0 Å². The largest absolute Gasteiger partial charge is 0.395 e. The molecule has 0 fully saturated rings. The number of aryl methyl sites for hydroxylation is 2. The van der Waals surface area contributed by atoms with Gasteiger partial charge in [-0.3, -0.25) is 0 Å². The first kappa shape index (κ1) is 11.2. The van der Waals surface area contributed by atoms with E-state index in [4.69, 9.17) is 16.7 Å². The summed E-state index contributed by atoms with van der Waals surface area (Å²) < 4.78 is 0. The fourth-order valence-electron chi connectivity index (χ4n) is 1.06. The molecule has 78 valence electrons. The minimum absolute atomic E-state index is 0.0709. The highest BCUT2D eigenvalue weighted by Crippen LogP contribution is 2.21. The van der Waals surface area contributed by atoms with E-state index >= 15 is 0 Å². The number of hydrogen-bond acceptors (Lipinski definition) is 4. The third kappa shape index (κ3) is 2.33. The lowest BCUT2D eigenvalue weighted by Crippen LogP contribution is -2.23. The van der Waals surface area contributed by atoms with Gasteiger partial charge in [0.15, 0.2) is 11.0 Å². The van der Waals surface area contributed by atoms with Gasteiger partial charge in [-0.05, 0) is 13.8 Å². The van der Waals surface area contributed by atoms with E-state index in [1.807, 2.05) is 20.9 Å². The van der Waals surface area contributed by atoms with Gasteiger partial charge in [-0.1, -0.05) is 11.6 Å². The van der Waals surface area contributed by atoms with Gasteiger partial charge in [0.1, 0.15) is 0 Å². The molecule has 1 heterocycles. The standard InChI is InChI=1S/C9H14ClN3O/c1-6-7(2)12-9(8(10)11-6)13(3)4-5-14/h14H,4-5H2,1-3H3. The smallest absolute Gasteiger partial charge is 0.171 e. The maximum Gasteiger partial charge on any atom is 0.171 e. The van der Waals surface area contributed by atoms with Crippen LogP contribution in [0.25, 0.3) is 0 Å². The maximum atomic E-state index is 8.78. The lowest BCUT2D eigenvalue weighted by molar-refractivity contribution is 0.304. The zero-order chi connectivity index (χ0) is 10.7. The molecule has 0 saturated heterocycles. The Bertz CT molecular complexity index is 330. The first-order valence-electron chi connectivity index (χ1n) is 4.39. The van der Waals surface area contributed by atoms with Crippen molar-refractivity contribution < 1.29 is 5.11 Å². The highest BCUT2D eigenvalue weighted by atomic mass is 35.5. The van der Waals surface area contributed by atoms with Crippen LogP contribution in [0.15, 0.2) is 0 Å². The number of nitrogens with zero attached hydrogens (tertiary/aromatic N) is 3. The second-order valence-electron chi connectivity index (χ2n) is 3.15. The molecule has 0 amide bonds. The fraction of sp³-hybridized carbons (Fsp3) is 0.556. The van der Waals surface area contributed by atoms with Crippen molar-refractivity contribution in [3.05, 3.63) is 16.5 Å². The van der Waals surface area contributed by atoms with Gasteiger partial charge in [0.05, 0.1) is 18.0 Å². The van der Waals surface area contributed by atoms with Gasteiger partial charge in [-0.25, -0.2) is 9.97 Å². The van der Waals surface area contributed by atoms with Gasteiger partial charge in [0.25, 0.3) is 0 Å². The minimum Gasteiger partial charge on any atom is -0.395 e. The van der Waals surface area contributed by atoms with Crippen molar-refractivity contribution in [1.82, 2.24) is 9.97 Å². The number of aliphatic hydroxyl groups excluding tert-OH is 1. The van der Waals surface area contributed by atoms with E-state index in [9.17, 15) is 0 Å². The Labute approximate surface area is 88.6 Å². The quantitative estimate of drug-likeness (QED) is 0.823. The second-order valence-corrected chi connectivity index (χ2v) is 3.51. The molecule has 0 bridgehead atoms. The first-order chi connectivity index (χ1) is 6.56. The number of halogens is 1. The van der Waals surface area contributed by atoms with Gasteiger partial charge in [-0.15, -0.1) is 0 Å².